The Bertz CT molecular complexity index is 563. The van der Waals surface area contributed by atoms with E-state index in [4.69, 9.17) is 11.6 Å². The van der Waals surface area contributed by atoms with Gasteiger partial charge in [0, 0.05) is 19.5 Å². The van der Waals surface area contributed by atoms with E-state index in [9.17, 15) is 15.0 Å². The number of carboxylic acid groups (broad SMARTS) is 1. The van der Waals surface area contributed by atoms with Gasteiger partial charge in [-0.25, -0.2) is 4.98 Å². The fraction of sp³-hybridized carbons (Fsp3) is 0.765. The minimum atomic E-state index is -1.02. The van der Waals surface area contributed by atoms with Gasteiger partial charge in [0.1, 0.15) is 5.82 Å². The van der Waals surface area contributed by atoms with Crippen LogP contribution in [0.3, 0.4) is 0 Å². The summed E-state index contributed by atoms with van der Waals surface area (Å²) in [7, 11) is 0. The number of aromatic amines is 1. The lowest BCUT2D eigenvalue weighted by molar-refractivity contribution is -0.164. The zero-order chi connectivity index (χ0) is 17.7. The summed E-state index contributed by atoms with van der Waals surface area (Å²) in [5, 5.41) is 20.5. The van der Waals surface area contributed by atoms with Gasteiger partial charge < -0.3 is 15.2 Å². The van der Waals surface area contributed by atoms with Crippen molar-refractivity contribution in [2.24, 2.45) is 5.41 Å². The Morgan fingerprint density at radius 3 is 2.79 bits per heavy atom. The van der Waals surface area contributed by atoms with Crippen LogP contribution in [0, 0.1) is 5.41 Å². The van der Waals surface area contributed by atoms with Crippen molar-refractivity contribution in [3.8, 4) is 0 Å². The molecule has 0 aromatic carbocycles. The van der Waals surface area contributed by atoms with Crippen LogP contribution in [0.25, 0.3) is 0 Å². The molecule has 0 amide bonds. The van der Waals surface area contributed by atoms with Crippen LogP contribution in [-0.2, 0) is 17.8 Å². The van der Waals surface area contributed by atoms with Crippen LogP contribution in [0.1, 0.15) is 57.5 Å². The number of rotatable bonds is 8. The molecule has 1 aliphatic heterocycles. The lowest BCUT2D eigenvalue weighted by atomic mass is 9.73. The molecule has 0 spiro atoms. The molecule has 1 saturated heterocycles. The van der Waals surface area contributed by atoms with Crippen LogP contribution in [-0.4, -0.2) is 50.2 Å². The Hall–Kier alpha value is -1.11. The Morgan fingerprint density at radius 2 is 2.21 bits per heavy atom. The highest BCUT2D eigenvalue weighted by atomic mass is 35.5. The Kier molecular flexibility index (Phi) is 6.66. The molecule has 2 heterocycles. The topological polar surface area (TPSA) is 89.5 Å². The predicted molar refractivity (Wildman–Crippen MR) is 93.1 cm³/mol. The van der Waals surface area contributed by atoms with Gasteiger partial charge in [-0.3, -0.25) is 9.69 Å². The summed E-state index contributed by atoms with van der Waals surface area (Å²) in [6.45, 7) is 5.60. The van der Waals surface area contributed by atoms with Gasteiger partial charge in [0.05, 0.1) is 17.2 Å². The number of halogens is 1. The number of aryl methyl sites for hydroxylation is 1. The van der Waals surface area contributed by atoms with Crippen molar-refractivity contribution < 1.29 is 15.0 Å². The van der Waals surface area contributed by atoms with Crippen molar-refractivity contribution in [1.82, 2.24) is 14.9 Å². The number of nitrogens with zero attached hydrogens (tertiary/aromatic N) is 2. The van der Waals surface area contributed by atoms with E-state index in [2.05, 4.69) is 16.9 Å². The lowest BCUT2D eigenvalue weighted by Gasteiger charge is -2.42. The molecule has 0 unspecified atom stereocenters. The molecule has 1 fully saturated rings. The summed E-state index contributed by atoms with van der Waals surface area (Å²) in [6, 6.07) is 0. The predicted octanol–water partition coefficient (Wildman–Crippen LogP) is 2.84. The van der Waals surface area contributed by atoms with Crippen molar-refractivity contribution in [3.63, 3.8) is 0 Å². The van der Waals surface area contributed by atoms with Gasteiger partial charge in [-0.2, -0.15) is 0 Å². The number of imidazole rings is 1. The van der Waals surface area contributed by atoms with Crippen LogP contribution >= 0.6 is 11.6 Å². The molecule has 24 heavy (non-hydrogen) atoms. The SMILES string of the molecule is CCCCc1nc(Cl)c(CN2CC[C@](CCC)(C(=O)O)[C@@H](O)C2)[nH]1. The molecule has 2 rings (SSSR count). The van der Waals surface area contributed by atoms with Gasteiger partial charge >= 0.3 is 5.97 Å². The molecule has 0 aliphatic carbocycles. The molecule has 1 aliphatic rings. The number of unbranched alkanes of at least 4 members (excludes halogenated alkanes) is 1. The first-order valence-corrected chi connectivity index (χ1v) is 9.17. The summed E-state index contributed by atoms with van der Waals surface area (Å²) < 4.78 is 0. The summed E-state index contributed by atoms with van der Waals surface area (Å²) in [6.07, 6.45) is 3.86. The van der Waals surface area contributed by atoms with Crippen molar-refractivity contribution in [2.45, 2.75) is 65.0 Å². The zero-order valence-corrected chi connectivity index (χ0v) is 15.3. The summed E-state index contributed by atoms with van der Waals surface area (Å²) in [4.78, 5) is 21.3. The number of carboxylic acids is 1. The third kappa shape index (κ3) is 4.10. The number of nitrogens with one attached hydrogen (secondary N) is 1. The number of β-amino-alcohol motifs (C(OH)–C–C–N with tert-alkyl or cyclic N) is 1. The van der Waals surface area contributed by atoms with Crippen LogP contribution in [0.2, 0.25) is 5.15 Å². The van der Waals surface area contributed by atoms with Crippen LogP contribution in [0.5, 0.6) is 0 Å². The smallest absolute Gasteiger partial charge is 0.312 e. The maximum atomic E-state index is 11.7. The highest BCUT2D eigenvalue weighted by Crippen LogP contribution is 2.37. The van der Waals surface area contributed by atoms with E-state index in [0.29, 0.717) is 37.6 Å². The highest BCUT2D eigenvalue weighted by molar-refractivity contribution is 6.30. The van der Waals surface area contributed by atoms with Crippen molar-refractivity contribution in [2.75, 3.05) is 13.1 Å². The average Bonchev–Trinajstić information content (AvgIpc) is 2.88. The van der Waals surface area contributed by atoms with Crippen LogP contribution in [0.4, 0.5) is 0 Å². The molecular weight excluding hydrogens is 330 g/mol. The number of aromatic nitrogens is 2. The van der Waals surface area contributed by atoms with E-state index in [1.165, 1.54) is 0 Å². The molecule has 136 valence electrons. The van der Waals surface area contributed by atoms with E-state index in [1.54, 1.807) is 0 Å². The largest absolute Gasteiger partial charge is 0.481 e. The van der Waals surface area contributed by atoms with Gasteiger partial charge in [0.15, 0.2) is 5.15 Å². The first-order valence-electron chi connectivity index (χ1n) is 8.80. The molecule has 1 aromatic heterocycles. The summed E-state index contributed by atoms with van der Waals surface area (Å²) in [5.74, 6) is -0.00167. The Morgan fingerprint density at radius 1 is 1.46 bits per heavy atom. The maximum Gasteiger partial charge on any atom is 0.312 e. The van der Waals surface area contributed by atoms with Gasteiger partial charge in [-0.1, -0.05) is 38.3 Å². The van der Waals surface area contributed by atoms with E-state index < -0.39 is 17.5 Å². The molecule has 0 saturated carbocycles. The van der Waals surface area contributed by atoms with E-state index >= 15 is 0 Å². The van der Waals surface area contributed by atoms with Gasteiger partial charge in [0.2, 0.25) is 0 Å². The first kappa shape index (κ1) is 19.2. The molecule has 0 bridgehead atoms. The average molecular weight is 358 g/mol. The quantitative estimate of drug-likeness (QED) is 0.665. The standard InChI is InChI=1S/C17H28ClN3O3/c1-3-5-6-14-19-12(15(18)20-14)10-21-9-8-17(7-4-2,16(23)24)13(22)11-21/h13,22H,3-11H2,1-2H3,(H,19,20)(H,23,24)/t13-,17-/m0/s1. The van der Waals surface area contributed by atoms with Crippen molar-refractivity contribution in [1.29, 1.82) is 0 Å². The minimum Gasteiger partial charge on any atom is -0.481 e. The highest BCUT2D eigenvalue weighted by Gasteiger charge is 2.47. The van der Waals surface area contributed by atoms with E-state index in [1.807, 2.05) is 11.8 Å². The number of piperidine rings is 1. The number of hydrogen-bond donors (Lipinski definition) is 3. The third-order valence-electron chi connectivity index (χ3n) is 4.99. The molecule has 7 heteroatoms. The monoisotopic (exact) mass is 357 g/mol. The Labute approximate surface area is 148 Å². The fourth-order valence-electron chi connectivity index (χ4n) is 3.50. The zero-order valence-electron chi connectivity index (χ0n) is 14.5. The number of aliphatic carboxylic acids is 1. The number of likely N-dealkylation sites (tertiary alicyclic amines) is 1. The number of aliphatic hydroxyl groups is 1. The first-order chi connectivity index (χ1) is 11.4. The molecule has 6 nitrogen and oxygen atoms in total. The number of hydrogen-bond acceptors (Lipinski definition) is 4. The second kappa shape index (κ2) is 8.32. The lowest BCUT2D eigenvalue weighted by Crippen LogP contribution is -2.54. The second-order valence-electron chi connectivity index (χ2n) is 6.77. The van der Waals surface area contributed by atoms with Gasteiger partial charge in [-0.15, -0.1) is 0 Å². The van der Waals surface area contributed by atoms with Gasteiger partial charge in [0.25, 0.3) is 0 Å². The molecule has 1 aromatic rings. The van der Waals surface area contributed by atoms with Crippen LogP contribution < -0.4 is 0 Å². The summed E-state index contributed by atoms with van der Waals surface area (Å²) >= 11 is 6.21. The normalized spacial score (nSPS) is 25.1. The Balaban J connectivity index is 2.01. The molecule has 2 atom stereocenters. The third-order valence-corrected chi connectivity index (χ3v) is 5.30. The number of aliphatic hydroxyl groups excluding tert-OH is 1. The van der Waals surface area contributed by atoms with Crippen molar-refractivity contribution >= 4 is 17.6 Å². The van der Waals surface area contributed by atoms with E-state index in [0.717, 1.165) is 37.2 Å². The number of carbonyl (C=O) groups is 1. The summed E-state index contributed by atoms with van der Waals surface area (Å²) in [5.41, 5.74) is -0.178. The van der Waals surface area contributed by atoms with Crippen molar-refractivity contribution in [3.05, 3.63) is 16.7 Å². The van der Waals surface area contributed by atoms with Crippen LogP contribution in [0.15, 0.2) is 0 Å². The van der Waals surface area contributed by atoms with Gasteiger partial charge in [-0.05, 0) is 25.8 Å². The fourth-order valence-corrected chi connectivity index (χ4v) is 3.71. The second-order valence-corrected chi connectivity index (χ2v) is 7.13. The maximum absolute atomic E-state index is 11.7. The molecule has 0 radical (unpaired) electrons. The molecule has 3 N–H and O–H groups in total. The molecular formula is C17H28ClN3O3. The van der Waals surface area contributed by atoms with E-state index in [-0.39, 0.29) is 0 Å². The minimum absolute atomic E-state index is 0.339. The number of H-pyrrole nitrogens is 1.